The summed E-state index contributed by atoms with van der Waals surface area (Å²) < 4.78 is 0. The highest BCUT2D eigenvalue weighted by Gasteiger charge is 2.31. The molecule has 4 unspecified atom stereocenters. The summed E-state index contributed by atoms with van der Waals surface area (Å²) >= 11 is 0. The van der Waals surface area contributed by atoms with Crippen LogP contribution in [0, 0.1) is 11.8 Å². The zero-order valence-corrected chi connectivity index (χ0v) is 13.7. The van der Waals surface area contributed by atoms with Crippen LogP contribution in [0.3, 0.4) is 0 Å². The maximum atomic E-state index is 3.73. The molecule has 1 heteroatoms. The molecule has 1 nitrogen and oxygen atoms in total. The standard InChI is InChI=1S/C19H31N/c1-5-14(3)16-10-12-17(13-11-16)19(20-6-2)18-9-7-8-15(18)4/h10-15,18-20H,5-9H2,1-4H3. The molecule has 1 aromatic carbocycles. The molecule has 4 atom stereocenters. The van der Waals surface area contributed by atoms with Crippen molar-refractivity contribution in [2.75, 3.05) is 6.54 Å². The van der Waals surface area contributed by atoms with Gasteiger partial charge < -0.3 is 5.32 Å². The summed E-state index contributed by atoms with van der Waals surface area (Å²) in [5.41, 5.74) is 2.96. The van der Waals surface area contributed by atoms with Gasteiger partial charge in [-0.2, -0.15) is 0 Å². The van der Waals surface area contributed by atoms with Gasteiger partial charge in [0.05, 0.1) is 0 Å². The van der Waals surface area contributed by atoms with Crippen LogP contribution in [0.4, 0.5) is 0 Å². The number of nitrogens with one attached hydrogen (secondary N) is 1. The van der Waals surface area contributed by atoms with Crippen molar-refractivity contribution in [2.45, 2.75) is 65.3 Å². The fraction of sp³-hybridized carbons (Fsp3) is 0.684. The SMILES string of the molecule is CCNC(c1ccc(C(C)CC)cc1)C1CCCC1C. The molecule has 112 valence electrons. The maximum Gasteiger partial charge on any atom is 0.0351 e. The summed E-state index contributed by atoms with van der Waals surface area (Å²) in [5.74, 6) is 2.34. The first-order valence-corrected chi connectivity index (χ1v) is 8.50. The highest BCUT2D eigenvalue weighted by Crippen LogP contribution is 2.40. The van der Waals surface area contributed by atoms with Gasteiger partial charge >= 0.3 is 0 Å². The molecular formula is C19H31N. The summed E-state index contributed by atoms with van der Waals surface area (Å²) in [6.07, 6.45) is 5.40. The van der Waals surface area contributed by atoms with Crippen molar-refractivity contribution in [1.29, 1.82) is 0 Å². The third-order valence-corrected chi connectivity index (χ3v) is 5.26. The molecule has 1 N–H and O–H groups in total. The highest BCUT2D eigenvalue weighted by molar-refractivity contribution is 5.28. The summed E-state index contributed by atoms with van der Waals surface area (Å²) in [5, 5.41) is 3.73. The number of benzene rings is 1. The van der Waals surface area contributed by atoms with Crippen LogP contribution < -0.4 is 5.32 Å². The normalized spacial score (nSPS) is 25.6. The lowest BCUT2D eigenvalue weighted by Gasteiger charge is -2.28. The zero-order chi connectivity index (χ0) is 14.5. The average molecular weight is 273 g/mol. The highest BCUT2D eigenvalue weighted by atomic mass is 14.9. The van der Waals surface area contributed by atoms with Crippen LogP contribution in [0.5, 0.6) is 0 Å². The summed E-state index contributed by atoms with van der Waals surface area (Å²) in [6, 6.07) is 9.95. The average Bonchev–Trinajstić information content (AvgIpc) is 2.90. The Hall–Kier alpha value is -0.820. The van der Waals surface area contributed by atoms with Crippen LogP contribution in [0.15, 0.2) is 24.3 Å². The van der Waals surface area contributed by atoms with Crippen LogP contribution in [0.2, 0.25) is 0 Å². The lowest BCUT2D eigenvalue weighted by atomic mass is 9.85. The molecule has 0 aromatic heterocycles. The quantitative estimate of drug-likeness (QED) is 0.743. The van der Waals surface area contributed by atoms with E-state index >= 15 is 0 Å². The van der Waals surface area contributed by atoms with Gasteiger partial charge in [0.25, 0.3) is 0 Å². The van der Waals surface area contributed by atoms with Gasteiger partial charge in [-0.25, -0.2) is 0 Å². The van der Waals surface area contributed by atoms with Gasteiger partial charge in [0.2, 0.25) is 0 Å². The zero-order valence-electron chi connectivity index (χ0n) is 13.7. The Morgan fingerprint density at radius 3 is 2.25 bits per heavy atom. The molecule has 2 rings (SSSR count). The second-order valence-electron chi connectivity index (χ2n) is 6.58. The summed E-state index contributed by atoms with van der Waals surface area (Å²) in [6.45, 7) is 10.3. The lowest BCUT2D eigenvalue weighted by Crippen LogP contribution is -2.29. The smallest absolute Gasteiger partial charge is 0.0351 e. The molecular weight excluding hydrogens is 242 g/mol. The van der Waals surface area contributed by atoms with Crippen molar-refractivity contribution < 1.29 is 0 Å². The Morgan fingerprint density at radius 1 is 1.10 bits per heavy atom. The minimum absolute atomic E-state index is 0.545. The molecule has 0 amide bonds. The lowest BCUT2D eigenvalue weighted by molar-refractivity contribution is 0.305. The molecule has 1 aliphatic rings. The third-order valence-electron chi connectivity index (χ3n) is 5.26. The van der Waals surface area contributed by atoms with Gasteiger partial charge in [-0.1, -0.05) is 64.8 Å². The van der Waals surface area contributed by atoms with E-state index < -0.39 is 0 Å². The number of hydrogen-bond donors (Lipinski definition) is 1. The van der Waals surface area contributed by atoms with Crippen LogP contribution >= 0.6 is 0 Å². The Morgan fingerprint density at radius 2 is 1.75 bits per heavy atom. The van der Waals surface area contributed by atoms with Crippen LogP contribution in [-0.2, 0) is 0 Å². The molecule has 0 spiro atoms. The molecule has 0 heterocycles. The van der Waals surface area contributed by atoms with Crippen molar-refractivity contribution in [3.05, 3.63) is 35.4 Å². The number of rotatable bonds is 6. The topological polar surface area (TPSA) is 12.0 Å². The molecule has 0 saturated heterocycles. The van der Waals surface area contributed by atoms with Crippen molar-refractivity contribution in [3.8, 4) is 0 Å². The summed E-state index contributed by atoms with van der Waals surface area (Å²) in [4.78, 5) is 0. The van der Waals surface area contributed by atoms with E-state index in [1.54, 1.807) is 0 Å². The van der Waals surface area contributed by atoms with Gasteiger partial charge in [-0.05, 0) is 48.3 Å². The first-order valence-electron chi connectivity index (χ1n) is 8.50. The Labute approximate surface area is 125 Å². The van der Waals surface area contributed by atoms with Crippen LogP contribution in [0.1, 0.15) is 76.5 Å². The largest absolute Gasteiger partial charge is 0.310 e. The van der Waals surface area contributed by atoms with Gasteiger partial charge in [0.15, 0.2) is 0 Å². The Bertz CT molecular complexity index is 395. The first-order chi connectivity index (χ1) is 9.67. The van der Waals surface area contributed by atoms with Crippen molar-refractivity contribution in [1.82, 2.24) is 5.32 Å². The molecule has 1 saturated carbocycles. The molecule has 0 aliphatic heterocycles. The van der Waals surface area contributed by atoms with E-state index in [0.717, 1.165) is 18.4 Å². The summed E-state index contributed by atoms with van der Waals surface area (Å²) in [7, 11) is 0. The van der Waals surface area contributed by atoms with Crippen LogP contribution in [0.25, 0.3) is 0 Å². The van der Waals surface area contributed by atoms with E-state index in [0.29, 0.717) is 12.0 Å². The maximum absolute atomic E-state index is 3.73. The minimum Gasteiger partial charge on any atom is -0.310 e. The Kier molecular flexibility index (Phi) is 5.65. The molecule has 1 aliphatic carbocycles. The van der Waals surface area contributed by atoms with Crippen molar-refractivity contribution in [3.63, 3.8) is 0 Å². The fourth-order valence-electron chi connectivity index (χ4n) is 3.67. The second-order valence-corrected chi connectivity index (χ2v) is 6.58. The fourth-order valence-corrected chi connectivity index (χ4v) is 3.67. The predicted molar refractivity (Wildman–Crippen MR) is 88.1 cm³/mol. The van der Waals surface area contributed by atoms with E-state index in [4.69, 9.17) is 0 Å². The minimum atomic E-state index is 0.545. The third kappa shape index (κ3) is 3.44. The molecule has 1 aromatic rings. The monoisotopic (exact) mass is 273 g/mol. The molecule has 0 radical (unpaired) electrons. The predicted octanol–water partition coefficient (Wildman–Crippen LogP) is 5.29. The van der Waals surface area contributed by atoms with E-state index in [9.17, 15) is 0 Å². The van der Waals surface area contributed by atoms with Crippen molar-refractivity contribution in [2.24, 2.45) is 11.8 Å². The molecule has 0 bridgehead atoms. The number of hydrogen-bond acceptors (Lipinski definition) is 1. The molecule has 20 heavy (non-hydrogen) atoms. The van der Waals surface area contributed by atoms with E-state index in [-0.39, 0.29) is 0 Å². The second kappa shape index (κ2) is 7.26. The van der Waals surface area contributed by atoms with Crippen molar-refractivity contribution >= 4 is 0 Å². The van der Waals surface area contributed by atoms with Gasteiger partial charge in [-0.3, -0.25) is 0 Å². The first kappa shape index (κ1) is 15.6. The van der Waals surface area contributed by atoms with Gasteiger partial charge in [-0.15, -0.1) is 0 Å². The Balaban J connectivity index is 2.16. The van der Waals surface area contributed by atoms with E-state index in [1.165, 1.54) is 36.8 Å². The van der Waals surface area contributed by atoms with E-state index in [1.807, 2.05) is 0 Å². The molecule has 1 fully saturated rings. The van der Waals surface area contributed by atoms with Gasteiger partial charge in [0.1, 0.15) is 0 Å². The van der Waals surface area contributed by atoms with Crippen LogP contribution in [-0.4, -0.2) is 6.54 Å². The van der Waals surface area contributed by atoms with E-state index in [2.05, 4.69) is 57.3 Å². The van der Waals surface area contributed by atoms with Gasteiger partial charge in [0, 0.05) is 6.04 Å².